The van der Waals surface area contributed by atoms with E-state index < -0.39 is 5.60 Å². The average molecular weight is 301 g/mol. The summed E-state index contributed by atoms with van der Waals surface area (Å²) >= 11 is 0. The van der Waals surface area contributed by atoms with Crippen LogP contribution in [-0.2, 0) is 5.60 Å². The topological polar surface area (TPSA) is 71.7 Å². The van der Waals surface area contributed by atoms with E-state index in [0.717, 1.165) is 12.8 Å². The van der Waals surface area contributed by atoms with Crippen molar-refractivity contribution in [1.82, 2.24) is 5.32 Å². The van der Waals surface area contributed by atoms with Gasteiger partial charge in [0, 0.05) is 5.56 Å². The van der Waals surface area contributed by atoms with E-state index in [4.69, 9.17) is 9.15 Å². The fourth-order valence-corrected chi connectivity index (χ4v) is 2.60. The van der Waals surface area contributed by atoms with Crippen LogP contribution in [0.25, 0.3) is 0 Å². The van der Waals surface area contributed by atoms with Crippen LogP contribution in [0.3, 0.4) is 0 Å². The van der Waals surface area contributed by atoms with E-state index in [-0.39, 0.29) is 18.4 Å². The van der Waals surface area contributed by atoms with E-state index in [9.17, 15) is 9.90 Å². The van der Waals surface area contributed by atoms with Crippen molar-refractivity contribution in [2.24, 2.45) is 5.92 Å². The van der Waals surface area contributed by atoms with E-state index >= 15 is 0 Å². The number of carbonyl (C=O) groups is 1. The van der Waals surface area contributed by atoms with Gasteiger partial charge in [-0.2, -0.15) is 0 Å². The molecule has 1 aliphatic carbocycles. The van der Waals surface area contributed by atoms with Crippen molar-refractivity contribution in [2.45, 2.75) is 18.4 Å². The molecule has 1 aromatic heterocycles. The van der Waals surface area contributed by atoms with Crippen LogP contribution >= 0.6 is 0 Å². The largest absolute Gasteiger partial charge is 0.497 e. The Bertz CT molecular complexity index is 648. The standard InChI is InChI=1S/C17H19NO4/c1-21-14-5-2-4-12(10-14)16(19)18-11-17(20,13-7-8-13)15-6-3-9-22-15/h2-6,9-10,13,20H,7-8,11H2,1H3,(H,18,19). The van der Waals surface area contributed by atoms with E-state index in [0.29, 0.717) is 17.1 Å². The minimum Gasteiger partial charge on any atom is -0.497 e. The molecular formula is C17H19NO4. The maximum Gasteiger partial charge on any atom is 0.251 e. The molecule has 5 nitrogen and oxygen atoms in total. The molecule has 0 saturated heterocycles. The van der Waals surface area contributed by atoms with Crippen LogP contribution in [0, 0.1) is 5.92 Å². The molecule has 0 bridgehead atoms. The van der Waals surface area contributed by atoms with E-state index in [1.54, 1.807) is 43.5 Å². The second-order valence-electron chi connectivity index (χ2n) is 5.59. The predicted molar refractivity (Wildman–Crippen MR) is 80.7 cm³/mol. The number of benzene rings is 1. The zero-order valence-electron chi connectivity index (χ0n) is 12.4. The summed E-state index contributed by atoms with van der Waals surface area (Å²) in [6.45, 7) is 0.126. The van der Waals surface area contributed by atoms with Crippen LogP contribution in [0.1, 0.15) is 29.0 Å². The summed E-state index contributed by atoms with van der Waals surface area (Å²) in [6.07, 6.45) is 3.41. The minimum absolute atomic E-state index is 0.126. The van der Waals surface area contributed by atoms with Gasteiger partial charge in [0.05, 0.1) is 19.9 Å². The molecule has 1 fully saturated rings. The quantitative estimate of drug-likeness (QED) is 0.859. The molecule has 0 aliphatic heterocycles. The molecule has 1 aliphatic rings. The summed E-state index contributed by atoms with van der Waals surface area (Å²) in [5, 5.41) is 13.7. The SMILES string of the molecule is COc1cccc(C(=O)NCC(O)(c2ccco2)C2CC2)c1. The molecule has 1 aromatic carbocycles. The Kier molecular flexibility index (Phi) is 3.90. The van der Waals surface area contributed by atoms with Gasteiger partial charge in [0.2, 0.25) is 0 Å². The highest BCUT2D eigenvalue weighted by atomic mass is 16.5. The molecule has 2 N–H and O–H groups in total. The highest BCUT2D eigenvalue weighted by Crippen LogP contribution is 2.45. The van der Waals surface area contributed by atoms with Gasteiger partial charge >= 0.3 is 0 Å². The fourth-order valence-electron chi connectivity index (χ4n) is 2.60. The Morgan fingerprint density at radius 2 is 2.23 bits per heavy atom. The fraction of sp³-hybridized carbons (Fsp3) is 0.353. The summed E-state index contributed by atoms with van der Waals surface area (Å²) in [6, 6.07) is 10.4. The highest BCUT2D eigenvalue weighted by molar-refractivity contribution is 5.94. The van der Waals surface area contributed by atoms with Crippen LogP contribution in [-0.4, -0.2) is 24.7 Å². The molecule has 1 amide bonds. The molecule has 0 radical (unpaired) electrons. The molecule has 3 rings (SSSR count). The van der Waals surface area contributed by atoms with Crippen molar-refractivity contribution >= 4 is 5.91 Å². The van der Waals surface area contributed by atoms with Gasteiger partial charge in [0.15, 0.2) is 0 Å². The van der Waals surface area contributed by atoms with Crippen LogP contribution in [0.15, 0.2) is 47.1 Å². The first-order chi connectivity index (χ1) is 10.6. The Balaban J connectivity index is 1.71. The smallest absolute Gasteiger partial charge is 0.251 e. The van der Waals surface area contributed by atoms with Crippen LogP contribution < -0.4 is 10.1 Å². The second-order valence-corrected chi connectivity index (χ2v) is 5.59. The molecule has 1 heterocycles. The third-order valence-electron chi connectivity index (χ3n) is 4.05. The van der Waals surface area contributed by atoms with E-state index in [2.05, 4.69) is 5.32 Å². The number of ether oxygens (including phenoxy) is 1. The summed E-state index contributed by atoms with van der Waals surface area (Å²) in [5.74, 6) is 1.01. The van der Waals surface area contributed by atoms with E-state index in [1.165, 1.54) is 6.26 Å². The lowest BCUT2D eigenvalue weighted by molar-refractivity contribution is -0.00611. The number of hydrogen-bond acceptors (Lipinski definition) is 4. The lowest BCUT2D eigenvalue weighted by Gasteiger charge is -2.26. The Morgan fingerprint density at radius 1 is 1.41 bits per heavy atom. The molecule has 22 heavy (non-hydrogen) atoms. The molecule has 1 saturated carbocycles. The summed E-state index contributed by atoms with van der Waals surface area (Å²) in [4.78, 5) is 12.3. The van der Waals surface area contributed by atoms with Crippen molar-refractivity contribution < 1.29 is 19.1 Å². The van der Waals surface area contributed by atoms with Gasteiger partial charge in [0.1, 0.15) is 17.1 Å². The zero-order chi connectivity index (χ0) is 15.6. The monoisotopic (exact) mass is 301 g/mol. The lowest BCUT2D eigenvalue weighted by Crippen LogP contribution is -2.42. The number of furan rings is 1. The molecule has 5 heteroatoms. The van der Waals surface area contributed by atoms with Gasteiger partial charge in [0.25, 0.3) is 5.91 Å². The van der Waals surface area contributed by atoms with Crippen molar-refractivity contribution in [3.05, 3.63) is 54.0 Å². The Hall–Kier alpha value is -2.27. The third kappa shape index (κ3) is 2.85. The molecule has 1 atom stereocenters. The van der Waals surface area contributed by atoms with Crippen molar-refractivity contribution in [3.8, 4) is 5.75 Å². The lowest BCUT2D eigenvalue weighted by atomic mass is 9.94. The van der Waals surface area contributed by atoms with Gasteiger partial charge in [-0.15, -0.1) is 0 Å². The zero-order valence-corrected chi connectivity index (χ0v) is 12.4. The number of carbonyl (C=O) groups excluding carboxylic acids is 1. The van der Waals surface area contributed by atoms with Crippen molar-refractivity contribution in [2.75, 3.05) is 13.7 Å². The number of amides is 1. The molecule has 2 aromatic rings. The number of methoxy groups -OCH3 is 1. The first kappa shape index (κ1) is 14.7. The van der Waals surface area contributed by atoms with Gasteiger partial charge in [-0.25, -0.2) is 0 Å². The summed E-state index contributed by atoms with van der Waals surface area (Å²) in [5.41, 5.74) is -0.644. The third-order valence-corrected chi connectivity index (χ3v) is 4.05. The first-order valence-corrected chi connectivity index (χ1v) is 7.32. The van der Waals surface area contributed by atoms with Gasteiger partial charge in [-0.05, 0) is 49.1 Å². The van der Waals surface area contributed by atoms with Crippen LogP contribution in [0.4, 0.5) is 0 Å². The Labute approximate surface area is 128 Å². The number of aliphatic hydroxyl groups is 1. The summed E-state index contributed by atoms with van der Waals surface area (Å²) < 4.78 is 10.5. The van der Waals surface area contributed by atoms with Gasteiger partial charge in [-0.1, -0.05) is 6.07 Å². The normalized spacial score (nSPS) is 16.8. The number of hydrogen-bond donors (Lipinski definition) is 2. The van der Waals surface area contributed by atoms with Gasteiger partial charge in [-0.3, -0.25) is 4.79 Å². The van der Waals surface area contributed by atoms with Crippen LogP contribution in [0.2, 0.25) is 0 Å². The van der Waals surface area contributed by atoms with Gasteiger partial charge < -0.3 is 19.6 Å². The van der Waals surface area contributed by atoms with Crippen molar-refractivity contribution in [3.63, 3.8) is 0 Å². The number of rotatable bonds is 6. The van der Waals surface area contributed by atoms with Crippen LogP contribution in [0.5, 0.6) is 5.75 Å². The molecule has 0 spiro atoms. The second kappa shape index (κ2) is 5.85. The van der Waals surface area contributed by atoms with E-state index in [1.807, 2.05) is 0 Å². The predicted octanol–water partition coefficient (Wildman–Crippen LogP) is 2.32. The first-order valence-electron chi connectivity index (χ1n) is 7.32. The molecular weight excluding hydrogens is 282 g/mol. The molecule has 116 valence electrons. The highest BCUT2D eigenvalue weighted by Gasteiger charge is 2.47. The minimum atomic E-state index is -1.14. The maximum absolute atomic E-state index is 12.3. The Morgan fingerprint density at radius 3 is 2.86 bits per heavy atom. The average Bonchev–Trinajstić information content (AvgIpc) is 3.27. The summed E-state index contributed by atoms with van der Waals surface area (Å²) in [7, 11) is 1.56. The number of nitrogens with one attached hydrogen (secondary N) is 1. The maximum atomic E-state index is 12.3. The molecule has 1 unspecified atom stereocenters. The van der Waals surface area contributed by atoms with Crippen molar-refractivity contribution in [1.29, 1.82) is 0 Å².